The summed E-state index contributed by atoms with van der Waals surface area (Å²) < 4.78 is 0. The number of nitrogen functional groups attached to an aromatic ring is 1. The lowest BCUT2D eigenvalue weighted by Gasteiger charge is -2.02. The summed E-state index contributed by atoms with van der Waals surface area (Å²) in [7, 11) is 0. The molecule has 1 aromatic heterocycles. The van der Waals surface area contributed by atoms with Crippen molar-refractivity contribution in [3.05, 3.63) is 23.9 Å². The number of pyridine rings is 1. The largest absolute Gasteiger partial charge is 0.383 e. The molecule has 2 N–H and O–H groups in total. The predicted molar refractivity (Wildman–Crippen MR) is 51.4 cm³/mol. The van der Waals surface area contributed by atoms with Crippen LogP contribution >= 0.6 is 0 Å². The van der Waals surface area contributed by atoms with Crippen molar-refractivity contribution in [3.8, 4) is 0 Å². The van der Waals surface area contributed by atoms with Crippen LogP contribution in [-0.4, -0.2) is 17.2 Å². The molecule has 0 atom stereocenters. The molecule has 0 aliphatic heterocycles. The number of nitrogens with zero attached hydrogens (tertiary/aromatic N) is 2. The number of nitrogens with two attached hydrogens (primary N) is 1. The second-order valence-corrected chi connectivity index (χ2v) is 2.50. The lowest BCUT2D eigenvalue weighted by molar-refractivity contribution is 1.12. The minimum Gasteiger partial charge on any atom is -0.383 e. The summed E-state index contributed by atoms with van der Waals surface area (Å²) in [6.07, 6.45) is 1.68. The number of hydrogen-bond acceptors (Lipinski definition) is 3. The van der Waals surface area contributed by atoms with E-state index in [2.05, 4.69) is 9.98 Å². The number of rotatable bonds is 2. The van der Waals surface area contributed by atoms with E-state index in [0.29, 0.717) is 5.82 Å². The topological polar surface area (TPSA) is 51.3 Å². The maximum absolute atomic E-state index is 5.66. The molecule has 0 aliphatic rings. The van der Waals surface area contributed by atoms with E-state index in [1.165, 1.54) is 0 Å². The minimum absolute atomic E-state index is 0.548. The Balaban J connectivity index is 3.02. The van der Waals surface area contributed by atoms with E-state index in [4.69, 9.17) is 5.73 Å². The van der Waals surface area contributed by atoms with Crippen LogP contribution in [-0.2, 0) is 0 Å². The molecule has 1 aromatic rings. The highest BCUT2D eigenvalue weighted by Gasteiger charge is 2.00. The van der Waals surface area contributed by atoms with Crippen molar-refractivity contribution < 1.29 is 0 Å². The molecule has 0 radical (unpaired) electrons. The summed E-state index contributed by atoms with van der Waals surface area (Å²) in [4.78, 5) is 8.23. The van der Waals surface area contributed by atoms with Gasteiger partial charge in [-0.05, 0) is 26.0 Å². The Hall–Kier alpha value is -1.38. The van der Waals surface area contributed by atoms with Gasteiger partial charge in [0.2, 0.25) is 0 Å². The molecule has 0 spiro atoms. The van der Waals surface area contributed by atoms with Gasteiger partial charge in [-0.3, -0.25) is 4.99 Å². The molecule has 0 unspecified atom stereocenters. The van der Waals surface area contributed by atoms with Gasteiger partial charge >= 0.3 is 0 Å². The Kier molecular flexibility index (Phi) is 2.80. The van der Waals surface area contributed by atoms with Gasteiger partial charge in [0.25, 0.3) is 0 Å². The van der Waals surface area contributed by atoms with Crippen molar-refractivity contribution in [1.29, 1.82) is 0 Å². The van der Waals surface area contributed by atoms with Crippen LogP contribution in [0.2, 0.25) is 0 Å². The third-order valence-electron chi connectivity index (χ3n) is 1.62. The van der Waals surface area contributed by atoms with Crippen molar-refractivity contribution in [1.82, 2.24) is 4.98 Å². The zero-order chi connectivity index (χ0) is 8.97. The number of aliphatic imine (C=N–C) groups is 1. The van der Waals surface area contributed by atoms with E-state index in [-0.39, 0.29) is 0 Å². The van der Waals surface area contributed by atoms with E-state index in [1.54, 1.807) is 6.20 Å². The van der Waals surface area contributed by atoms with Gasteiger partial charge in [0.05, 0.1) is 0 Å². The molecule has 64 valence electrons. The normalized spacial score (nSPS) is 11.7. The summed E-state index contributed by atoms with van der Waals surface area (Å²) in [6.45, 7) is 4.72. The molecule has 0 bridgehead atoms. The number of hydrogen-bond donors (Lipinski definition) is 1. The highest BCUT2D eigenvalue weighted by atomic mass is 14.8. The Morgan fingerprint density at radius 2 is 2.42 bits per heavy atom. The first-order chi connectivity index (χ1) is 5.75. The second kappa shape index (κ2) is 3.85. The van der Waals surface area contributed by atoms with Gasteiger partial charge in [-0.1, -0.05) is 0 Å². The van der Waals surface area contributed by atoms with E-state index in [1.807, 2.05) is 26.0 Å². The van der Waals surface area contributed by atoms with Crippen LogP contribution in [0.25, 0.3) is 0 Å². The monoisotopic (exact) mass is 163 g/mol. The molecule has 0 aliphatic carbocycles. The van der Waals surface area contributed by atoms with Gasteiger partial charge in [0, 0.05) is 24.0 Å². The molecule has 1 heterocycles. The molecule has 0 fully saturated rings. The molecular formula is C9H13N3. The molecule has 12 heavy (non-hydrogen) atoms. The quantitative estimate of drug-likeness (QED) is 0.671. The van der Waals surface area contributed by atoms with Crippen molar-refractivity contribution in [2.24, 2.45) is 4.99 Å². The highest BCUT2D eigenvalue weighted by molar-refractivity contribution is 6.02. The Labute approximate surface area is 72.3 Å². The first-order valence-corrected chi connectivity index (χ1v) is 3.97. The second-order valence-electron chi connectivity index (χ2n) is 2.50. The zero-order valence-electron chi connectivity index (χ0n) is 7.41. The Morgan fingerprint density at radius 1 is 1.67 bits per heavy atom. The van der Waals surface area contributed by atoms with Gasteiger partial charge in [-0.15, -0.1) is 0 Å². The fourth-order valence-corrected chi connectivity index (χ4v) is 1.05. The van der Waals surface area contributed by atoms with Crippen LogP contribution in [0.1, 0.15) is 19.4 Å². The zero-order valence-corrected chi connectivity index (χ0v) is 7.41. The number of anilines is 1. The van der Waals surface area contributed by atoms with Gasteiger partial charge in [-0.2, -0.15) is 0 Å². The summed E-state index contributed by atoms with van der Waals surface area (Å²) >= 11 is 0. The van der Waals surface area contributed by atoms with Crippen LogP contribution in [0.15, 0.2) is 23.3 Å². The molecule has 3 nitrogen and oxygen atoms in total. The first kappa shape index (κ1) is 8.71. The molecule has 0 saturated heterocycles. The number of aromatic nitrogens is 1. The van der Waals surface area contributed by atoms with Crippen molar-refractivity contribution in [2.45, 2.75) is 13.8 Å². The van der Waals surface area contributed by atoms with Crippen LogP contribution in [0, 0.1) is 0 Å². The fraction of sp³-hybridized carbons (Fsp3) is 0.333. The van der Waals surface area contributed by atoms with Gasteiger partial charge in [0.1, 0.15) is 5.82 Å². The molecule has 1 rings (SSSR count). The van der Waals surface area contributed by atoms with Crippen LogP contribution in [0.5, 0.6) is 0 Å². The van der Waals surface area contributed by atoms with E-state index < -0.39 is 0 Å². The van der Waals surface area contributed by atoms with Crippen LogP contribution in [0.4, 0.5) is 5.82 Å². The lowest BCUT2D eigenvalue weighted by atomic mass is 10.2. The molecule has 3 heteroatoms. The summed E-state index contributed by atoms with van der Waals surface area (Å²) in [5.74, 6) is 0.548. The predicted octanol–water partition coefficient (Wildman–Crippen LogP) is 1.49. The standard InChI is InChI=1S/C9H13N3/c1-3-11-7(2)8-5-4-6-12-9(8)10/h4-6H,3H2,1-2H3,(H2,10,12). The average Bonchev–Trinajstić information content (AvgIpc) is 2.05. The molecule has 0 saturated carbocycles. The maximum atomic E-state index is 5.66. The lowest BCUT2D eigenvalue weighted by Crippen LogP contribution is -2.02. The Morgan fingerprint density at radius 3 is 3.00 bits per heavy atom. The van der Waals surface area contributed by atoms with Crippen LogP contribution in [0.3, 0.4) is 0 Å². The summed E-state index contributed by atoms with van der Waals surface area (Å²) in [6, 6.07) is 3.79. The Bertz CT molecular complexity index is 292. The molecular weight excluding hydrogens is 150 g/mol. The molecule has 0 amide bonds. The van der Waals surface area contributed by atoms with Crippen LogP contribution < -0.4 is 5.73 Å². The average molecular weight is 163 g/mol. The summed E-state index contributed by atoms with van der Waals surface area (Å²) in [5, 5.41) is 0. The fourth-order valence-electron chi connectivity index (χ4n) is 1.05. The minimum atomic E-state index is 0.548. The smallest absolute Gasteiger partial charge is 0.132 e. The van der Waals surface area contributed by atoms with Crippen molar-refractivity contribution in [3.63, 3.8) is 0 Å². The van der Waals surface area contributed by atoms with Gasteiger partial charge in [-0.25, -0.2) is 4.98 Å². The first-order valence-electron chi connectivity index (χ1n) is 3.97. The van der Waals surface area contributed by atoms with E-state index >= 15 is 0 Å². The van der Waals surface area contributed by atoms with Crippen molar-refractivity contribution in [2.75, 3.05) is 12.3 Å². The van der Waals surface area contributed by atoms with Gasteiger partial charge in [0.15, 0.2) is 0 Å². The van der Waals surface area contributed by atoms with E-state index in [9.17, 15) is 0 Å². The van der Waals surface area contributed by atoms with Crippen molar-refractivity contribution >= 4 is 11.5 Å². The third kappa shape index (κ3) is 1.81. The summed E-state index contributed by atoms with van der Waals surface area (Å²) in [5.41, 5.74) is 7.54. The highest BCUT2D eigenvalue weighted by Crippen LogP contribution is 2.07. The van der Waals surface area contributed by atoms with E-state index in [0.717, 1.165) is 17.8 Å². The third-order valence-corrected chi connectivity index (χ3v) is 1.62. The SMILES string of the molecule is CCN=C(C)c1cccnc1N. The molecule has 0 aromatic carbocycles. The van der Waals surface area contributed by atoms with Gasteiger partial charge < -0.3 is 5.73 Å². The maximum Gasteiger partial charge on any atom is 0.132 e.